The maximum atomic E-state index is 9.25. The summed E-state index contributed by atoms with van der Waals surface area (Å²) >= 11 is 0. The van der Waals surface area contributed by atoms with Crippen molar-refractivity contribution in [2.45, 2.75) is 25.9 Å². The Hall–Kier alpha value is -0.340. The van der Waals surface area contributed by atoms with E-state index in [9.17, 15) is 5.11 Å². The van der Waals surface area contributed by atoms with Crippen molar-refractivity contribution < 1.29 is 5.11 Å². The molecular formula is C8H17NO. The van der Waals surface area contributed by atoms with Crippen LogP contribution in [0.5, 0.6) is 0 Å². The molecule has 0 atom stereocenters. The molecule has 0 bridgehead atoms. The van der Waals surface area contributed by atoms with Crippen molar-refractivity contribution in [1.29, 1.82) is 0 Å². The number of hydrogen-bond acceptors (Lipinski definition) is 2. The third kappa shape index (κ3) is 7.66. The Kier molecular flexibility index (Phi) is 4.32. The second kappa shape index (κ2) is 4.47. The molecule has 0 rings (SSSR count). The van der Waals surface area contributed by atoms with Crippen molar-refractivity contribution in [1.82, 2.24) is 5.32 Å². The van der Waals surface area contributed by atoms with Gasteiger partial charge in [0.25, 0.3) is 0 Å². The normalized spacial score (nSPS) is 11.5. The van der Waals surface area contributed by atoms with E-state index in [-0.39, 0.29) is 0 Å². The molecule has 0 aliphatic rings. The summed E-state index contributed by atoms with van der Waals surface area (Å²) in [5, 5.41) is 12.4. The third-order valence-corrected chi connectivity index (χ3v) is 1.20. The van der Waals surface area contributed by atoms with Crippen LogP contribution in [0.3, 0.4) is 0 Å². The Bertz CT molecular complexity index is 93.9. The fourth-order valence-corrected chi connectivity index (χ4v) is 0.598. The molecule has 0 aromatic carbocycles. The maximum Gasteiger partial charge on any atom is 0.0603 e. The topological polar surface area (TPSA) is 32.3 Å². The average Bonchev–Trinajstić information content (AvgIpc) is 1.78. The van der Waals surface area contributed by atoms with Gasteiger partial charge in [0.1, 0.15) is 0 Å². The Morgan fingerprint density at radius 3 is 2.60 bits per heavy atom. The van der Waals surface area contributed by atoms with Crippen LogP contribution < -0.4 is 5.32 Å². The number of rotatable bonds is 5. The molecule has 2 heteroatoms. The monoisotopic (exact) mass is 143 g/mol. The van der Waals surface area contributed by atoms with Gasteiger partial charge in [-0.2, -0.15) is 0 Å². The summed E-state index contributed by atoms with van der Waals surface area (Å²) in [6, 6.07) is 0. The minimum Gasteiger partial charge on any atom is -0.390 e. The van der Waals surface area contributed by atoms with E-state index in [0.717, 1.165) is 19.5 Å². The lowest BCUT2D eigenvalue weighted by atomic mass is 10.1. The molecule has 0 fully saturated rings. The van der Waals surface area contributed by atoms with E-state index >= 15 is 0 Å². The molecule has 0 spiro atoms. The fourth-order valence-electron chi connectivity index (χ4n) is 0.598. The van der Waals surface area contributed by atoms with Gasteiger partial charge in [0, 0.05) is 6.54 Å². The predicted molar refractivity (Wildman–Crippen MR) is 44.0 cm³/mol. The lowest BCUT2D eigenvalue weighted by Gasteiger charge is -2.16. The van der Waals surface area contributed by atoms with Crippen LogP contribution in [0, 0.1) is 0 Å². The molecular weight excluding hydrogens is 126 g/mol. The average molecular weight is 143 g/mol. The zero-order valence-corrected chi connectivity index (χ0v) is 6.85. The van der Waals surface area contributed by atoms with Crippen LogP contribution in [0.25, 0.3) is 0 Å². The molecule has 0 saturated heterocycles. The SMILES string of the molecule is C=CCNCCC(C)(C)O. The predicted octanol–water partition coefficient (Wildman–Crippen LogP) is 0.923. The van der Waals surface area contributed by atoms with Crippen LogP contribution >= 0.6 is 0 Å². The quantitative estimate of drug-likeness (QED) is 0.443. The highest BCUT2D eigenvalue weighted by atomic mass is 16.3. The first kappa shape index (κ1) is 9.66. The first-order valence-corrected chi connectivity index (χ1v) is 3.60. The zero-order valence-electron chi connectivity index (χ0n) is 6.85. The first-order valence-electron chi connectivity index (χ1n) is 3.60. The summed E-state index contributed by atoms with van der Waals surface area (Å²) < 4.78 is 0. The van der Waals surface area contributed by atoms with E-state index in [4.69, 9.17) is 0 Å². The van der Waals surface area contributed by atoms with E-state index in [1.807, 2.05) is 19.9 Å². The maximum absolute atomic E-state index is 9.25. The van der Waals surface area contributed by atoms with E-state index in [2.05, 4.69) is 11.9 Å². The minimum absolute atomic E-state index is 0.547. The van der Waals surface area contributed by atoms with Crippen molar-refractivity contribution in [3.8, 4) is 0 Å². The molecule has 2 nitrogen and oxygen atoms in total. The van der Waals surface area contributed by atoms with Gasteiger partial charge >= 0.3 is 0 Å². The highest BCUT2D eigenvalue weighted by Gasteiger charge is 2.10. The molecule has 0 unspecified atom stereocenters. The summed E-state index contributed by atoms with van der Waals surface area (Å²) in [4.78, 5) is 0. The highest BCUT2D eigenvalue weighted by Crippen LogP contribution is 2.04. The summed E-state index contributed by atoms with van der Waals surface area (Å²) in [6.45, 7) is 8.84. The van der Waals surface area contributed by atoms with E-state index in [1.165, 1.54) is 0 Å². The van der Waals surface area contributed by atoms with Crippen molar-refractivity contribution in [3.63, 3.8) is 0 Å². The molecule has 0 aromatic heterocycles. The lowest BCUT2D eigenvalue weighted by Crippen LogP contribution is -2.26. The van der Waals surface area contributed by atoms with Gasteiger partial charge in [-0.3, -0.25) is 0 Å². The van der Waals surface area contributed by atoms with Gasteiger partial charge in [-0.05, 0) is 26.8 Å². The summed E-state index contributed by atoms with van der Waals surface area (Å²) in [5.41, 5.74) is -0.547. The van der Waals surface area contributed by atoms with Crippen LogP contribution in [0.15, 0.2) is 12.7 Å². The summed E-state index contributed by atoms with van der Waals surface area (Å²) in [6.07, 6.45) is 2.59. The fraction of sp³-hybridized carbons (Fsp3) is 0.750. The first-order chi connectivity index (χ1) is 4.56. The van der Waals surface area contributed by atoms with Gasteiger partial charge in [-0.15, -0.1) is 6.58 Å². The summed E-state index contributed by atoms with van der Waals surface area (Å²) in [5.74, 6) is 0. The molecule has 60 valence electrons. The third-order valence-electron chi connectivity index (χ3n) is 1.20. The molecule has 0 aliphatic carbocycles. The Morgan fingerprint density at radius 1 is 1.60 bits per heavy atom. The van der Waals surface area contributed by atoms with Gasteiger partial charge in [0.2, 0.25) is 0 Å². The molecule has 0 aliphatic heterocycles. The second-order valence-electron chi connectivity index (χ2n) is 3.06. The van der Waals surface area contributed by atoms with E-state index < -0.39 is 5.60 Å². The van der Waals surface area contributed by atoms with Gasteiger partial charge in [-0.1, -0.05) is 6.08 Å². The minimum atomic E-state index is -0.547. The number of nitrogens with one attached hydrogen (secondary N) is 1. The van der Waals surface area contributed by atoms with Gasteiger partial charge in [0.05, 0.1) is 5.60 Å². The number of hydrogen-bond donors (Lipinski definition) is 2. The zero-order chi connectivity index (χ0) is 8.04. The van der Waals surface area contributed by atoms with Crippen molar-refractivity contribution in [2.24, 2.45) is 0 Å². The van der Waals surface area contributed by atoms with Gasteiger partial charge in [0.15, 0.2) is 0 Å². The van der Waals surface area contributed by atoms with Crippen LogP contribution in [-0.4, -0.2) is 23.8 Å². The van der Waals surface area contributed by atoms with Crippen LogP contribution in [0.4, 0.5) is 0 Å². The van der Waals surface area contributed by atoms with Crippen LogP contribution in [0.2, 0.25) is 0 Å². The Labute approximate surface area is 62.9 Å². The smallest absolute Gasteiger partial charge is 0.0603 e. The van der Waals surface area contributed by atoms with Crippen LogP contribution in [-0.2, 0) is 0 Å². The molecule has 0 saturated carbocycles. The molecule has 10 heavy (non-hydrogen) atoms. The molecule has 0 aromatic rings. The second-order valence-corrected chi connectivity index (χ2v) is 3.06. The van der Waals surface area contributed by atoms with Crippen molar-refractivity contribution in [2.75, 3.05) is 13.1 Å². The Morgan fingerprint density at radius 2 is 2.20 bits per heavy atom. The lowest BCUT2D eigenvalue weighted by molar-refractivity contribution is 0.0715. The van der Waals surface area contributed by atoms with E-state index in [1.54, 1.807) is 0 Å². The van der Waals surface area contributed by atoms with E-state index in [0.29, 0.717) is 0 Å². The summed E-state index contributed by atoms with van der Waals surface area (Å²) in [7, 11) is 0. The highest BCUT2D eigenvalue weighted by molar-refractivity contribution is 4.72. The van der Waals surface area contributed by atoms with Gasteiger partial charge < -0.3 is 10.4 Å². The molecule has 2 N–H and O–H groups in total. The number of aliphatic hydroxyl groups is 1. The van der Waals surface area contributed by atoms with Crippen molar-refractivity contribution >= 4 is 0 Å². The van der Waals surface area contributed by atoms with Gasteiger partial charge in [-0.25, -0.2) is 0 Å². The van der Waals surface area contributed by atoms with Crippen LogP contribution in [0.1, 0.15) is 20.3 Å². The molecule has 0 amide bonds. The van der Waals surface area contributed by atoms with Crippen molar-refractivity contribution in [3.05, 3.63) is 12.7 Å². The molecule has 0 heterocycles. The standard InChI is InChI=1S/C8H17NO/c1-4-6-9-7-5-8(2,3)10/h4,9-10H,1,5-7H2,2-3H3. The Balaban J connectivity index is 3.12. The molecule has 0 radical (unpaired) electrons. The largest absolute Gasteiger partial charge is 0.390 e.